The van der Waals surface area contributed by atoms with E-state index in [1.165, 1.54) is 25.7 Å². The molecule has 0 saturated heterocycles. The standard InChI is InChI=1S/C22H27N7O2/c1-2-15-4-3-5-20(15)28-11-17(9-25-28)22-21-6-7-23-29(21)13-19(26-22)16-8-24-27(10-16)12-18(31)14-30/h6-11,13,15,18,20,30-31H,2-5,12,14H2,1H3/t15-,18?,20+/m0/s1. The van der Waals surface area contributed by atoms with E-state index in [2.05, 4.69) is 28.0 Å². The lowest BCUT2D eigenvalue weighted by atomic mass is 10.0. The highest BCUT2D eigenvalue weighted by Gasteiger charge is 2.28. The Balaban J connectivity index is 1.51. The van der Waals surface area contributed by atoms with Crippen molar-refractivity contribution >= 4 is 5.52 Å². The first-order valence-electron chi connectivity index (χ1n) is 10.9. The van der Waals surface area contributed by atoms with Crippen molar-refractivity contribution in [3.63, 3.8) is 0 Å². The van der Waals surface area contributed by atoms with Gasteiger partial charge in [-0.15, -0.1) is 0 Å². The van der Waals surface area contributed by atoms with Crippen LogP contribution in [0.15, 0.2) is 43.2 Å². The van der Waals surface area contributed by atoms with Crippen molar-refractivity contribution in [2.24, 2.45) is 5.92 Å². The Kier molecular flexibility index (Phi) is 5.29. The summed E-state index contributed by atoms with van der Waals surface area (Å²) >= 11 is 0. The van der Waals surface area contributed by atoms with Gasteiger partial charge in [-0.2, -0.15) is 15.3 Å². The number of aliphatic hydroxyl groups excluding tert-OH is 2. The summed E-state index contributed by atoms with van der Waals surface area (Å²) in [6.07, 6.45) is 15.2. The van der Waals surface area contributed by atoms with Crippen LogP contribution in [0.5, 0.6) is 0 Å². The summed E-state index contributed by atoms with van der Waals surface area (Å²) in [7, 11) is 0. The molecule has 0 spiro atoms. The number of hydrogen-bond donors (Lipinski definition) is 2. The average Bonchev–Trinajstić information content (AvgIpc) is 3.58. The van der Waals surface area contributed by atoms with Gasteiger partial charge in [-0.25, -0.2) is 9.50 Å². The van der Waals surface area contributed by atoms with Crippen LogP contribution in [0.4, 0.5) is 0 Å². The maximum atomic E-state index is 9.68. The lowest BCUT2D eigenvalue weighted by molar-refractivity contribution is 0.0783. The van der Waals surface area contributed by atoms with Crippen LogP contribution in [-0.2, 0) is 6.54 Å². The van der Waals surface area contributed by atoms with E-state index >= 15 is 0 Å². The Morgan fingerprint density at radius 3 is 2.81 bits per heavy atom. The molecular formula is C22H27N7O2. The van der Waals surface area contributed by atoms with Crippen molar-refractivity contribution < 1.29 is 10.2 Å². The molecule has 9 heteroatoms. The minimum atomic E-state index is -0.849. The molecule has 5 rings (SSSR count). The van der Waals surface area contributed by atoms with Gasteiger partial charge in [0.2, 0.25) is 0 Å². The van der Waals surface area contributed by atoms with Crippen molar-refractivity contribution in [3.05, 3.63) is 43.2 Å². The second kappa shape index (κ2) is 8.24. The Labute approximate surface area is 180 Å². The molecule has 2 N–H and O–H groups in total. The van der Waals surface area contributed by atoms with E-state index in [4.69, 9.17) is 15.2 Å². The monoisotopic (exact) mass is 421 g/mol. The predicted octanol–water partition coefficient (Wildman–Crippen LogP) is 2.56. The molecule has 1 fully saturated rings. The van der Waals surface area contributed by atoms with Crippen LogP contribution >= 0.6 is 0 Å². The molecule has 162 valence electrons. The minimum Gasteiger partial charge on any atom is -0.394 e. The molecule has 4 aromatic heterocycles. The summed E-state index contributed by atoms with van der Waals surface area (Å²) in [6.45, 7) is 2.18. The molecule has 4 aromatic rings. The van der Waals surface area contributed by atoms with Gasteiger partial charge in [-0.05, 0) is 24.8 Å². The largest absolute Gasteiger partial charge is 0.394 e. The van der Waals surface area contributed by atoms with Gasteiger partial charge < -0.3 is 10.2 Å². The summed E-state index contributed by atoms with van der Waals surface area (Å²) in [5, 5.41) is 32.1. The molecular weight excluding hydrogens is 394 g/mol. The third-order valence-corrected chi connectivity index (χ3v) is 6.29. The van der Waals surface area contributed by atoms with E-state index in [9.17, 15) is 5.11 Å². The highest BCUT2D eigenvalue weighted by molar-refractivity contribution is 5.78. The van der Waals surface area contributed by atoms with Crippen molar-refractivity contribution in [2.45, 2.75) is 51.3 Å². The zero-order valence-corrected chi connectivity index (χ0v) is 17.5. The molecule has 1 saturated carbocycles. The SMILES string of the molecule is CC[C@H]1CCC[C@H]1n1cc(-c2nc(-c3cnn(CC(O)CO)c3)cn3nccc23)cn1. The fraction of sp³-hybridized carbons (Fsp3) is 0.455. The first kappa shape index (κ1) is 19.9. The molecule has 3 atom stereocenters. The van der Waals surface area contributed by atoms with Gasteiger partial charge in [0.15, 0.2) is 0 Å². The van der Waals surface area contributed by atoms with Gasteiger partial charge in [0.25, 0.3) is 0 Å². The Morgan fingerprint density at radius 1 is 1.10 bits per heavy atom. The molecule has 0 aliphatic heterocycles. The smallest absolute Gasteiger partial charge is 0.0999 e. The minimum absolute atomic E-state index is 0.222. The van der Waals surface area contributed by atoms with Gasteiger partial charge in [-0.1, -0.05) is 19.8 Å². The summed E-state index contributed by atoms with van der Waals surface area (Å²) in [5.74, 6) is 0.683. The number of aliphatic hydroxyl groups is 2. The number of nitrogens with zero attached hydrogens (tertiary/aromatic N) is 7. The van der Waals surface area contributed by atoms with Crippen LogP contribution in [0.1, 0.15) is 38.6 Å². The number of hydrogen-bond acceptors (Lipinski definition) is 6. The van der Waals surface area contributed by atoms with E-state index < -0.39 is 6.10 Å². The lowest BCUT2D eigenvalue weighted by Crippen LogP contribution is -2.19. The fourth-order valence-electron chi connectivity index (χ4n) is 4.63. The number of fused-ring (bicyclic) bond motifs is 1. The van der Waals surface area contributed by atoms with Crippen LogP contribution < -0.4 is 0 Å². The molecule has 0 aromatic carbocycles. The first-order valence-corrected chi connectivity index (χ1v) is 10.9. The summed E-state index contributed by atoms with van der Waals surface area (Å²) < 4.78 is 5.54. The Hall–Kier alpha value is -3.04. The van der Waals surface area contributed by atoms with Crippen molar-refractivity contribution in [2.75, 3.05) is 6.61 Å². The van der Waals surface area contributed by atoms with Crippen molar-refractivity contribution in [3.8, 4) is 22.5 Å². The summed E-state index contributed by atoms with van der Waals surface area (Å²) in [4.78, 5) is 4.93. The van der Waals surface area contributed by atoms with Crippen LogP contribution in [-0.4, -0.2) is 57.1 Å². The van der Waals surface area contributed by atoms with Gasteiger partial charge in [0.1, 0.15) is 0 Å². The van der Waals surface area contributed by atoms with Crippen molar-refractivity contribution in [1.82, 2.24) is 34.2 Å². The summed E-state index contributed by atoms with van der Waals surface area (Å²) in [6, 6.07) is 2.41. The van der Waals surface area contributed by atoms with Gasteiger partial charge in [0.05, 0.1) is 67.0 Å². The van der Waals surface area contributed by atoms with E-state index in [1.54, 1.807) is 17.1 Å². The Bertz CT molecular complexity index is 1180. The van der Waals surface area contributed by atoms with Crippen LogP contribution in [0.2, 0.25) is 0 Å². The average molecular weight is 422 g/mol. The van der Waals surface area contributed by atoms with E-state index in [0.717, 1.165) is 28.0 Å². The van der Waals surface area contributed by atoms with Gasteiger partial charge in [0, 0.05) is 23.5 Å². The molecule has 9 nitrogen and oxygen atoms in total. The zero-order valence-electron chi connectivity index (χ0n) is 17.5. The number of aromatic nitrogens is 7. The highest BCUT2D eigenvalue weighted by atomic mass is 16.3. The zero-order chi connectivity index (χ0) is 21.4. The lowest BCUT2D eigenvalue weighted by Gasteiger charge is -2.18. The van der Waals surface area contributed by atoms with E-state index in [-0.39, 0.29) is 13.2 Å². The molecule has 1 unspecified atom stereocenters. The first-order chi connectivity index (χ1) is 15.2. The normalized spacial score (nSPS) is 20.0. The van der Waals surface area contributed by atoms with Crippen molar-refractivity contribution in [1.29, 1.82) is 0 Å². The van der Waals surface area contributed by atoms with E-state index in [1.807, 2.05) is 29.2 Å². The molecule has 1 aliphatic carbocycles. The second-order valence-electron chi connectivity index (χ2n) is 8.30. The van der Waals surface area contributed by atoms with Gasteiger partial charge >= 0.3 is 0 Å². The molecule has 4 heterocycles. The summed E-state index contributed by atoms with van der Waals surface area (Å²) in [5.41, 5.74) is 4.27. The molecule has 0 bridgehead atoms. The second-order valence-corrected chi connectivity index (χ2v) is 8.30. The highest BCUT2D eigenvalue weighted by Crippen LogP contribution is 2.38. The van der Waals surface area contributed by atoms with E-state index in [0.29, 0.717) is 12.0 Å². The third-order valence-electron chi connectivity index (χ3n) is 6.29. The quantitative estimate of drug-likeness (QED) is 0.475. The fourth-order valence-corrected chi connectivity index (χ4v) is 4.63. The Morgan fingerprint density at radius 2 is 1.97 bits per heavy atom. The predicted molar refractivity (Wildman–Crippen MR) is 115 cm³/mol. The molecule has 31 heavy (non-hydrogen) atoms. The maximum Gasteiger partial charge on any atom is 0.0999 e. The maximum absolute atomic E-state index is 9.68. The van der Waals surface area contributed by atoms with Crippen LogP contribution in [0.3, 0.4) is 0 Å². The van der Waals surface area contributed by atoms with Gasteiger partial charge in [-0.3, -0.25) is 9.36 Å². The van der Waals surface area contributed by atoms with Crippen LogP contribution in [0.25, 0.3) is 28.0 Å². The molecule has 0 amide bonds. The molecule has 0 radical (unpaired) electrons. The number of rotatable bonds is 7. The third kappa shape index (κ3) is 3.75. The topological polar surface area (TPSA) is 106 Å². The van der Waals surface area contributed by atoms with Crippen LogP contribution in [0, 0.1) is 5.92 Å². The molecule has 1 aliphatic rings.